The van der Waals surface area contributed by atoms with E-state index in [4.69, 9.17) is 4.74 Å². The molecule has 2 heterocycles. The van der Waals surface area contributed by atoms with Crippen molar-refractivity contribution >= 4 is 5.91 Å². The van der Waals surface area contributed by atoms with Crippen LogP contribution in [0.2, 0.25) is 0 Å². The maximum Gasteiger partial charge on any atom is 0.261 e. The number of carbonyl (C=O) groups is 1. The van der Waals surface area contributed by atoms with E-state index in [0.29, 0.717) is 12.5 Å². The highest BCUT2D eigenvalue weighted by molar-refractivity contribution is 5.82. The van der Waals surface area contributed by atoms with Crippen molar-refractivity contribution in [3.05, 3.63) is 28.8 Å². The quantitative estimate of drug-likeness (QED) is 0.873. The molecule has 4 heteroatoms. The van der Waals surface area contributed by atoms with Gasteiger partial charge in [0.1, 0.15) is 5.75 Å². The number of benzene rings is 1. The van der Waals surface area contributed by atoms with Gasteiger partial charge in [0.2, 0.25) is 0 Å². The van der Waals surface area contributed by atoms with Crippen LogP contribution < -0.4 is 15.4 Å². The smallest absolute Gasteiger partial charge is 0.261 e. The maximum absolute atomic E-state index is 12.4. The SMILES string of the molecule is Cc1cc2c(cc1C)OC(C(=O)NC1CCNC(C)C1)C2. The van der Waals surface area contributed by atoms with E-state index in [0.717, 1.165) is 30.7 Å². The van der Waals surface area contributed by atoms with Crippen molar-refractivity contribution in [3.63, 3.8) is 0 Å². The van der Waals surface area contributed by atoms with Crippen molar-refractivity contribution < 1.29 is 9.53 Å². The zero-order valence-corrected chi connectivity index (χ0v) is 13.0. The number of amides is 1. The summed E-state index contributed by atoms with van der Waals surface area (Å²) in [6.07, 6.45) is 2.30. The van der Waals surface area contributed by atoms with E-state index in [1.807, 2.05) is 6.07 Å². The van der Waals surface area contributed by atoms with Crippen molar-refractivity contribution in [2.75, 3.05) is 6.54 Å². The predicted molar refractivity (Wildman–Crippen MR) is 82.7 cm³/mol. The van der Waals surface area contributed by atoms with Crippen molar-refractivity contribution in [3.8, 4) is 5.75 Å². The molecule has 21 heavy (non-hydrogen) atoms. The van der Waals surface area contributed by atoms with E-state index >= 15 is 0 Å². The topological polar surface area (TPSA) is 50.4 Å². The highest BCUT2D eigenvalue weighted by atomic mass is 16.5. The Hall–Kier alpha value is -1.55. The summed E-state index contributed by atoms with van der Waals surface area (Å²) in [5.74, 6) is 0.900. The molecule has 1 aromatic carbocycles. The van der Waals surface area contributed by atoms with E-state index in [1.165, 1.54) is 11.1 Å². The highest BCUT2D eigenvalue weighted by Crippen LogP contribution is 2.31. The average molecular weight is 288 g/mol. The molecule has 2 aliphatic rings. The number of nitrogens with one attached hydrogen (secondary N) is 2. The molecule has 114 valence electrons. The second kappa shape index (κ2) is 5.68. The molecular formula is C17H24N2O2. The van der Waals surface area contributed by atoms with Gasteiger partial charge in [0.15, 0.2) is 6.10 Å². The molecule has 0 spiro atoms. The van der Waals surface area contributed by atoms with E-state index in [2.05, 4.69) is 37.5 Å². The third kappa shape index (κ3) is 3.05. The lowest BCUT2D eigenvalue weighted by molar-refractivity contribution is -0.128. The number of hydrogen-bond donors (Lipinski definition) is 2. The fourth-order valence-electron chi connectivity index (χ4n) is 3.22. The first kappa shape index (κ1) is 14.4. The Kier molecular flexibility index (Phi) is 3.89. The highest BCUT2D eigenvalue weighted by Gasteiger charge is 2.31. The number of hydrogen-bond acceptors (Lipinski definition) is 3. The molecule has 1 fully saturated rings. The van der Waals surface area contributed by atoms with E-state index < -0.39 is 0 Å². The Labute approximate surface area is 126 Å². The monoisotopic (exact) mass is 288 g/mol. The van der Waals surface area contributed by atoms with Gasteiger partial charge in [0, 0.05) is 18.5 Å². The van der Waals surface area contributed by atoms with E-state index in [-0.39, 0.29) is 18.1 Å². The lowest BCUT2D eigenvalue weighted by Gasteiger charge is -2.29. The molecule has 0 aliphatic carbocycles. The summed E-state index contributed by atoms with van der Waals surface area (Å²) in [6.45, 7) is 7.30. The molecule has 4 nitrogen and oxygen atoms in total. The number of carbonyl (C=O) groups excluding carboxylic acids is 1. The minimum atomic E-state index is -0.369. The summed E-state index contributed by atoms with van der Waals surface area (Å²) in [4.78, 5) is 12.4. The van der Waals surface area contributed by atoms with Crippen molar-refractivity contribution in [1.29, 1.82) is 0 Å². The first-order valence-electron chi connectivity index (χ1n) is 7.83. The summed E-state index contributed by atoms with van der Waals surface area (Å²) in [5.41, 5.74) is 3.62. The Bertz CT molecular complexity index is 525. The molecule has 0 saturated carbocycles. The van der Waals surface area contributed by atoms with Gasteiger partial charge in [-0.3, -0.25) is 4.79 Å². The summed E-state index contributed by atoms with van der Waals surface area (Å²) >= 11 is 0. The Balaban J connectivity index is 1.62. The minimum Gasteiger partial charge on any atom is -0.480 e. The van der Waals surface area contributed by atoms with E-state index in [1.54, 1.807) is 0 Å². The molecule has 0 aromatic heterocycles. The standard InChI is InChI=1S/C17H24N2O2/c1-10-6-13-9-16(21-15(13)7-11(10)2)17(20)19-14-4-5-18-12(3)8-14/h6-7,12,14,16,18H,4-5,8-9H2,1-3H3,(H,19,20). The second-order valence-corrected chi connectivity index (χ2v) is 6.44. The normalized spacial score (nSPS) is 27.9. The van der Waals surface area contributed by atoms with E-state index in [9.17, 15) is 4.79 Å². The van der Waals surface area contributed by atoms with Crippen LogP contribution >= 0.6 is 0 Å². The minimum absolute atomic E-state index is 0.0283. The molecule has 1 saturated heterocycles. The van der Waals surface area contributed by atoms with Crippen molar-refractivity contribution in [2.24, 2.45) is 0 Å². The average Bonchev–Trinajstić information content (AvgIpc) is 2.82. The van der Waals surface area contributed by atoms with Gasteiger partial charge in [-0.2, -0.15) is 0 Å². The van der Waals surface area contributed by atoms with Gasteiger partial charge < -0.3 is 15.4 Å². The number of aryl methyl sites for hydroxylation is 2. The molecule has 1 aromatic rings. The summed E-state index contributed by atoms with van der Waals surface area (Å²) in [6, 6.07) is 4.93. The lowest BCUT2D eigenvalue weighted by Crippen LogP contribution is -2.49. The van der Waals surface area contributed by atoms with Crippen LogP contribution in [0.1, 0.15) is 36.5 Å². The molecule has 0 radical (unpaired) electrons. The third-order valence-corrected chi connectivity index (χ3v) is 4.61. The van der Waals surface area contributed by atoms with Gasteiger partial charge in [-0.15, -0.1) is 0 Å². The van der Waals surface area contributed by atoms with Crippen LogP contribution in [-0.2, 0) is 11.2 Å². The summed E-state index contributed by atoms with van der Waals surface area (Å²) < 4.78 is 5.85. The molecule has 0 bridgehead atoms. The van der Waals surface area contributed by atoms with Gasteiger partial charge in [-0.05, 0) is 62.9 Å². The zero-order valence-electron chi connectivity index (χ0n) is 13.0. The number of piperidine rings is 1. The largest absolute Gasteiger partial charge is 0.480 e. The molecular weight excluding hydrogens is 264 g/mol. The first-order valence-corrected chi connectivity index (χ1v) is 7.83. The van der Waals surface area contributed by atoms with Crippen LogP contribution in [0.5, 0.6) is 5.75 Å². The number of fused-ring (bicyclic) bond motifs is 1. The van der Waals surface area contributed by atoms with Crippen molar-refractivity contribution in [1.82, 2.24) is 10.6 Å². The first-order chi connectivity index (χ1) is 10.0. The molecule has 3 rings (SSSR count). The van der Waals surface area contributed by atoms with Gasteiger partial charge in [-0.1, -0.05) is 6.07 Å². The van der Waals surface area contributed by atoms with Gasteiger partial charge in [0.25, 0.3) is 5.91 Å². The molecule has 2 aliphatic heterocycles. The second-order valence-electron chi connectivity index (χ2n) is 6.44. The van der Waals surface area contributed by atoms with Crippen LogP contribution in [0, 0.1) is 13.8 Å². The van der Waals surface area contributed by atoms with Crippen LogP contribution in [0.3, 0.4) is 0 Å². The Morgan fingerprint density at radius 2 is 2.10 bits per heavy atom. The zero-order chi connectivity index (χ0) is 15.0. The summed E-state index contributed by atoms with van der Waals surface area (Å²) in [7, 11) is 0. The molecule has 3 unspecified atom stereocenters. The van der Waals surface area contributed by atoms with Gasteiger partial charge in [0.05, 0.1) is 0 Å². The predicted octanol–water partition coefficient (Wildman–Crippen LogP) is 1.86. The van der Waals surface area contributed by atoms with Crippen LogP contribution in [0.4, 0.5) is 0 Å². The lowest BCUT2D eigenvalue weighted by atomic mass is 10.00. The van der Waals surface area contributed by atoms with Crippen LogP contribution in [0.25, 0.3) is 0 Å². The molecule has 2 N–H and O–H groups in total. The third-order valence-electron chi connectivity index (χ3n) is 4.61. The van der Waals surface area contributed by atoms with Crippen LogP contribution in [-0.4, -0.2) is 30.6 Å². The van der Waals surface area contributed by atoms with Crippen LogP contribution in [0.15, 0.2) is 12.1 Å². The number of rotatable bonds is 2. The van der Waals surface area contributed by atoms with Crippen molar-refractivity contribution in [2.45, 2.75) is 58.2 Å². The van der Waals surface area contributed by atoms with Gasteiger partial charge in [-0.25, -0.2) is 0 Å². The molecule has 3 atom stereocenters. The molecule has 1 amide bonds. The maximum atomic E-state index is 12.4. The fourth-order valence-corrected chi connectivity index (χ4v) is 3.22. The van der Waals surface area contributed by atoms with Gasteiger partial charge >= 0.3 is 0 Å². The Morgan fingerprint density at radius 3 is 2.86 bits per heavy atom. The Morgan fingerprint density at radius 1 is 1.33 bits per heavy atom. The fraction of sp³-hybridized carbons (Fsp3) is 0.588. The number of ether oxygens (including phenoxy) is 1. The summed E-state index contributed by atoms with van der Waals surface area (Å²) in [5, 5.41) is 6.55.